The van der Waals surface area contributed by atoms with Crippen LogP contribution in [0, 0.1) is 11.7 Å². The van der Waals surface area contributed by atoms with Gasteiger partial charge in [-0.25, -0.2) is 14.2 Å². The Morgan fingerprint density at radius 3 is 2.55 bits per heavy atom. The van der Waals surface area contributed by atoms with E-state index in [1.165, 1.54) is 68.9 Å². The first kappa shape index (κ1) is 22.9. The molecule has 3 amide bonds. The van der Waals surface area contributed by atoms with Gasteiger partial charge in [-0.2, -0.15) is 0 Å². The Morgan fingerprint density at radius 1 is 1.06 bits per heavy atom. The van der Waals surface area contributed by atoms with Crippen LogP contribution in [0.15, 0.2) is 36.8 Å². The van der Waals surface area contributed by atoms with E-state index in [9.17, 15) is 14.0 Å². The van der Waals surface area contributed by atoms with Crippen LogP contribution in [0.4, 0.5) is 15.0 Å². The zero-order chi connectivity index (χ0) is 23.0. The fraction of sp³-hybridized carbons (Fsp3) is 0.500. The largest absolute Gasteiger partial charge is 0.490 e. The van der Waals surface area contributed by atoms with Crippen molar-refractivity contribution in [2.24, 2.45) is 5.92 Å². The fourth-order valence-corrected chi connectivity index (χ4v) is 4.41. The lowest BCUT2D eigenvalue weighted by Crippen LogP contribution is -2.51. The van der Waals surface area contributed by atoms with Crippen LogP contribution in [-0.2, 0) is 0 Å². The maximum Gasteiger partial charge on any atom is 0.323 e. The number of aromatic nitrogens is 2. The van der Waals surface area contributed by atoms with Crippen molar-refractivity contribution in [3.63, 3.8) is 0 Å². The Balaban J connectivity index is 1.28. The number of ether oxygens (including phenoxy) is 1. The van der Waals surface area contributed by atoms with Gasteiger partial charge in [-0.05, 0) is 30.5 Å². The molecular formula is C24H30FN5O3. The number of rotatable bonds is 6. The number of benzene rings is 1. The smallest absolute Gasteiger partial charge is 0.323 e. The molecule has 2 heterocycles. The highest BCUT2D eigenvalue weighted by Crippen LogP contribution is 2.27. The lowest BCUT2D eigenvalue weighted by molar-refractivity contribution is 0.0671. The molecule has 9 heteroatoms. The average Bonchev–Trinajstić information content (AvgIpc) is 2.86. The molecule has 1 saturated heterocycles. The Hall–Kier alpha value is -3.23. The maximum absolute atomic E-state index is 14.2. The third-order valence-electron chi connectivity index (χ3n) is 6.34. The summed E-state index contributed by atoms with van der Waals surface area (Å²) >= 11 is 0. The van der Waals surface area contributed by atoms with Crippen LogP contribution in [0.3, 0.4) is 0 Å². The van der Waals surface area contributed by atoms with E-state index in [-0.39, 0.29) is 17.7 Å². The van der Waals surface area contributed by atoms with Crippen molar-refractivity contribution in [1.82, 2.24) is 19.8 Å². The molecule has 2 aliphatic rings. The van der Waals surface area contributed by atoms with Crippen LogP contribution in [-0.4, -0.2) is 64.5 Å². The molecule has 1 saturated carbocycles. The second-order valence-corrected chi connectivity index (χ2v) is 8.59. The summed E-state index contributed by atoms with van der Waals surface area (Å²) in [4.78, 5) is 36.6. The Labute approximate surface area is 193 Å². The monoisotopic (exact) mass is 455 g/mol. The predicted molar refractivity (Wildman–Crippen MR) is 122 cm³/mol. The van der Waals surface area contributed by atoms with Gasteiger partial charge in [-0.15, -0.1) is 0 Å². The number of anilines is 1. The number of hydrogen-bond donors (Lipinski definition) is 1. The minimum atomic E-state index is -0.458. The fourth-order valence-electron chi connectivity index (χ4n) is 4.41. The van der Waals surface area contributed by atoms with Gasteiger partial charge in [0.1, 0.15) is 0 Å². The molecule has 1 N–H and O–H groups in total. The molecule has 2 fully saturated rings. The number of nitrogens with zero attached hydrogens (tertiary/aromatic N) is 4. The van der Waals surface area contributed by atoms with Crippen molar-refractivity contribution < 1.29 is 18.7 Å². The predicted octanol–water partition coefficient (Wildman–Crippen LogP) is 3.95. The summed E-state index contributed by atoms with van der Waals surface area (Å²) in [5, 5.41) is 2.70. The highest BCUT2D eigenvalue weighted by atomic mass is 19.1. The van der Waals surface area contributed by atoms with Crippen LogP contribution >= 0.6 is 0 Å². The summed E-state index contributed by atoms with van der Waals surface area (Å²) in [5.41, 5.74) is 0.390. The number of hydrogen-bond acceptors (Lipinski definition) is 5. The maximum atomic E-state index is 14.2. The molecule has 0 radical (unpaired) electrons. The Bertz CT molecular complexity index is 944. The van der Waals surface area contributed by atoms with Gasteiger partial charge in [0.25, 0.3) is 5.91 Å². The second kappa shape index (κ2) is 11.1. The molecule has 1 aliphatic heterocycles. The van der Waals surface area contributed by atoms with Gasteiger partial charge in [0.05, 0.1) is 12.8 Å². The molecule has 33 heavy (non-hydrogen) atoms. The average molecular weight is 456 g/mol. The normalized spacial score (nSPS) is 17.0. The molecule has 1 aliphatic carbocycles. The van der Waals surface area contributed by atoms with Crippen molar-refractivity contribution in [3.8, 4) is 5.75 Å². The van der Waals surface area contributed by atoms with E-state index in [1.807, 2.05) is 0 Å². The van der Waals surface area contributed by atoms with Gasteiger partial charge < -0.3 is 14.5 Å². The Morgan fingerprint density at radius 2 is 1.82 bits per heavy atom. The number of carbonyl (C=O) groups is 2. The number of piperazine rings is 1. The van der Waals surface area contributed by atoms with Gasteiger partial charge in [-0.3, -0.25) is 15.1 Å². The third kappa shape index (κ3) is 6.18. The molecular weight excluding hydrogens is 425 g/mol. The first-order valence-electron chi connectivity index (χ1n) is 11.6. The number of amides is 3. The summed E-state index contributed by atoms with van der Waals surface area (Å²) in [6.07, 6.45) is 11.7. The Kier molecular flexibility index (Phi) is 7.70. The molecule has 1 aromatic heterocycles. The number of nitrogens with one attached hydrogen (secondary N) is 1. The van der Waals surface area contributed by atoms with Crippen molar-refractivity contribution in [3.05, 3.63) is 48.2 Å². The molecule has 4 rings (SSSR count). The van der Waals surface area contributed by atoms with E-state index < -0.39 is 5.82 Å². The number of urea groups is 1. The molecule has 1 aromatic carbocycles. The topological polar surface area (TPSA) is 87.7 Å². The minimum Gasteiger partial charge on any atom is -0.490 e. The zero-order valence-corrected chi connectivity index (χ0v) is 18.7. The number of carbonyl (C=O) groups excluding carboxylic acids is 2. The highest BCUT2D eigenvalue weighted by molar-refractivity contribution is 5.95. The van der Waals surface area contributed by atoms with Crippen LogP contribution in [0.2, 0.25) is 0 Å². The SMILES string of the molecule is O=C(Nc1cnccn1)N1CCN(C(=O)c2ccc(F)c(OCCC3CCCCC3)c2)CC1. The second-order valence-electron chi connectivity index (χ2n) is 8.59. The van der Waals surface area contributed by atoms with Gasteiger partial charge >= 0.3 is 6.03 Å². The molecule has 0 atom stereocenters. The van der Waals surface area contributed by atoms with Crippen LogP contribution < -0.4 is 10.1 Å². The van der Waals surface area contributed by atoms with Gasteiger partial charge in [0.15, 0.2) is 17.4 Å². The number of halogens is 1. The van der Waals surface area contributed by atoms with Crippen LogP contribution in [0.5, 0.6) is 5.75 Å². The summed E-state index contributed by atoms with van der Waals surface area (Å²) in [5.74, 6) is 0.498. The summed E-state index contributed by atoms with van der Waals surface area (Å²) in [6.45, 7) is 2.02. The molecule has 0 bridgehead atoms. The van der Waals surface area contributed by atoms with Gasteiger partial charge in [-0.1, -0.05) is 32.1 Å². The standard InChI is InChI=1S/C24H30FN5O3/c25-20-7-6-19(16-21(20)33-15-8-18-4-2-1-3-5-18)23(31)29-11-13-30(14-12-29)24(32)28-22-17-26-9-10-27-22/h6-7,9-10,16-18H,1-5,8,11-15H2,(H,27,28,32). The summed E-state index contributed by atoms with van der Waals surface area (Å²) in [7, 11) is 0. The molecule has 176 valence electrons. The van der Waals surface area contributed by atoms with E-state index in [2.05, 4.69) is 15.3 Å². The van der Waals surface area contributed by atoms with Crippen molar-refractivity contribution in [2.45, 2.75) is 38.5 Å². The van der Waals surface area contributed by atoms with Gasteiger partial charge in [0.2, 0.25) is 0 Å². The van der Waals surface area contributed by atoms with E-state index >= 15 is 0 Å². The minimum absolute atomic E-state index is 0.124. The summed E-state index contributed by atoms with van der Waals surface area (Å²) in [6, 6.07) is 3.98. The van der Waals surface area contributed by atoms with Crippen molar-refractivity contribution in [1.29, 1.82) is 0 Å². The van der Waals surface area contributed by atoms with E-state index in [1.54, 1.807) is 9.80 Å². The molecule has 0 unspecified atom stereocenters. The van der Waals surface area contributed by atoms with Crippen LogP contribution in [0.1, 0.15) is 48.9 Å². The summed E-state index contributed by atoms with van der Waals surface area (Å²) < 4.78 is 20.0. The molecule has 2 aromatic rings. The quantitative estimate of drug-likeness (QED) is 0.713. The van der Waals surface area contributed by atoms with Crippen molar-refractivity contribution >= 4 is 17.8 Å². The van der Waals surface area contributed by atoms with E-state index in [4.69, 9.17) is 4.74 Å². The van der Waals surface area contributed by atoms with E-state index in [0.29, 0.717) is 50.1 Å². The van der Waals surface area contributed by atoms with Gasteiger partial charge in [0, 0.05) is 44.1 Å². The lowest BCUT2D eigenvalue weighted by Gasteiger charge is -2.34. The van der Waals surface area contributed by atoms with E-state index in [0.717, 1.165) is 6.42 Å². The molecule has 8 nitrogen and oxygen atoms in total. The first-order valence-corrected chi connectivity index (χ1v) is 11.6. The molecule has 0 spiro atoms. The van der Waals surface area contributed by atoms with Crippen LogP contribution in [0.25, 0.3) is 0 Å². The zero-order valence-electron chi connectivity index (χ0n) is 18.7. The third-order valence-corrected chi connectivity index (χ3v) is 6.34. The first-order chi connectivity index (χ1) is 16.1. The lowest BCUT2D eigenvalue weighted by atomic mass is 9.87. The van der Waals surface area contributed by atoms with Crippen molar-refractivity contribution in [2.75, 3.05) is 38.1 Å². The highest BCUT2D eigenvalue weighted by Gasteiger charge is 2.26.